The van der Waals surface area contributed by atoms with Crippen LogP contribution in [0.15, 0.2) is 36.4 Å². The van der Waals surface area contributed by atoms with Crippen molar-refractivity contribution >= 4 is 17.1 Å². The SMILES string of the molecule is CC(O)c1ccc(Nc2cc3c(cc2N)OCCO3)cc1. The molecule has 1 aliphatic rings. The lowest BCUT2D eigenvalue weighted by atomic mass is 10.1. The molecule has 0 aliphatic carbocycles. The van der Waals surface area contributed by atoms with Crippen molar-refractivity contribution in [3.63, 3.8) is 0 Å². The van der Waals surface area contributed by atoms with E-state index in [1.165, 1.54) is 0 Å². The van der Waals surface area contributed by atoms with Crippen LogP contribution < -0.4 is 20.5 Å². The average molecular weight is 286 g/mol. The molecule has 2 aromatic rings. The number of aliphatic hydroxyl groups excluding tert-OH is 1. The van der Waals surface area contributed by atoms with Crippen LogP contribution in [0, 0.1) is 0 Å². The summed E-state index contributed by atoms with van der Waals surface area (Å²) in [5, 5.41) is 12.8. The molecular formula is C16H18N2O3. The summed E-state index contributed by atoms with van der Waals surface area (Å²) in [6.07, 6.45) is -0.474. The maximum absolute atomic E-state index is 9.51. The summed E-state index contributed by atoms with van der Waals surface area (Å²) in [7, 11) is 0. The second kappa shape index (κ2) is 5.54. The van der Waals surface area contributed by atoms with E-state index < -0.39 is 6.10 Å². The number of nitrogens with two attached hydrogens (primary N) is 1. The van der Waals surface area contributed by atoms with Gasteiger partial charge in [0, 0.05) is 17.8 Å². The Morgan fingerprint density at radius 2 is 1.71 bits per heavy atom. The summed E-state index contributed by atoms with van der Waals surface area (Å²) < 4.78 is 11.0. The number of hydrogen-bond acceptors (Lipinski definition) is 5. The first-order valence-electron chi connectivity index (χ1n) is 6.87. The van der Waals surface area contributed by atoms with Gasteiger partial charge in [0.05, 0.1) is 17.5 Å². The van der Waals surface area contributed by atoms with Gasteiger partial charge in [-0.3, -0.25) is 0 Å². The fourth-order valence-corrected chi connectivity index (χ4v) is 2.21. The third-order valence-corrected chi connectivity index (χ3v) is 3.39. The molecule has 1 atom stereocenters. The number of benzene rings is 2. The van der Waals surface area contributed by atoms with Gasteiger partial charge < -0.3 is 25.6 Å². The topological polar surface area (TPSA) is 76.7 Å². The molecule has 1 aliphatic heterocycles. The lowest BCUT2D eigenvalue weighted by molar-refractivity contribution is 0.172. The minimum Gasteiger partial charge on any atom is -0.486 e. The lowest BCUT2D eigenvalue weighted by Gasteiger charge is -2.20. The summed E-state index contributed by atoms with van der Waals surface area (Å²) in [5.41, 5.74) is 9.16. The van der Waals surface area contributed by atoms with Crippen LogP contribution in [0.4, 0.5) is 17.1 Å². The monoisotopic (exact) mass is 286 g/mol. The van der Waals surface area contributed by atoms with Crippen molar-refractivity contribution in [3.8, 4) is 11.5 Å². The Morgan fingerprint density at radius 3 is 2.33 bits per heavy atom. The van der Waals surface area contributed by atoms with E-state index in [-0.39, 0.29) is 0 Å². The largest absolute Gasteiger partial charge is 0.486 e. The first-order valence-corrected chi connectivity index (χ1v) is 6.87. The van der Waals surface area contributed by atoms with E-state index >= 15 is 0 Å². The molecule has 5 nitrogen and oxygen atoms in total. The number of ether oxygens (including phenoxy) is 2. The fraction of sp³-hybridized carbons (Fsp3) is 0.250. The third-order valence-electron chi connectivity index (χ3n) is 3.39. The normalized spacial score (nSPS) is 14.6. The number of anilines is 3. The van der Waals surface area contributed by atoms with E-state index in [0.29, 0.717) is 30.4 Å². The molecule has 5 heteroatoms. The summed E-state index contributed by atoms with van der Waals surface area (Å²) in [6, 6.07) is 11.2. The predicted octanol–water partition coefficient (Wildman–Crippen LogP) is 2.84. The molecule has 1 unspecified atom stereocenters. The first kappa shape index (κ1) is 13.6. The van der Waals surface area contributed by atoms with Gasteiger partial charge in [0.25, 0.3) is 0 Å². The van der Waals surface area contributed by atoms with Crippen LogP contribution in [-0.4, -0.2) is 18.3 Å². The Bertz CT molecular complexity index is 639. The second-order valence-electron chi connectivity index (χ2n) is 5.01. The standard InChI is InChI=1S/C16H18N2O3/c1-10(19)11-2-4-12(5-3-11)18-14-9-16-15(8-13(14)17)20-6-7-21-16/h2-5,8-10,18-19H,6-7,17H2,1H3. The molecule has 2 aromatic carbocycles. The maximum Gasteiger partial charge on any atom is 0.163 e. The zero-order valence-corrected chi connectivity index (χ0v) is 11.8. The molecule has 0 saturated heterocycles. The number of hydrogen-bond donors (Lipinski definition) is 3. The van der Waals surface area contributed by atoms with Gasteiger partial charge in [0.1, 0.15) is 13.2 Å². The number of nitrogen functional groups attached to an aromatic ring is 1. The minimum absolute atomic E-state index is 0.474. The highest BCUT2D eigenvalue weighted by Gasteiger charge is 2.14. The van der Waals surface area contributed by atoms with Crippen LogP contribution in [0.25, 0.3) is 0 Å². The Kier molecular flexibility index (Phi) is 3.58. The number of rotatable bonds is 3. The number of fused-ring (bicyclic) bond motifs is 1. The molecule has 0 saturated carbocycles. The van der Waals surface area contributed by atoms with Gasteiger partial charge in [-0.2, -0.15) is 0 Å². The number of nitrogens with one attached hydrogen (secondary N) is 1. The quantitative estimate of drug-likeness (QED) is 0.756. The third kappa shape index (κ3) is 2.87. The van der Waals surface area contributed by atoms with Gasteiger partial charge in [-0.1, -0.05) is 12.1 Å². The Hall–Kier alpha value is -2.40. The second-order valence-corrected chi connectivity index (χ2v) is 5.01. The van der Waals surface area contributed by atoms with Crippen LogP contribution in [-0.2, 0) is 0 Å². The zero-order chi connectivity index (χ0) is 14.8. The van der Waals surface area contributed by atoms with E-state index in [2.05, 4.69) is 5.32 Å². The van der Waals surface area contributed by atoms with Crippen LogP contribution >= 0.6 is 0 Å². The number of aliphatic hydroxyl groups is 1. The molecule has 0 aromatic heterocycles. The Morgan fingerprint density at radius 1 is 1.10 bits per heavy atom. The summed E-state index contributed by atoms with van der Waals surface area (Å²) in [4.78, 5) is 0. The molecule has 0 amide bonds. The molecule has 4 N–H and O–H groups in total. The van der Waals surface area contributed by atoms with Gasteiger partial charge >= 0.3 is 0 Å². The van der Waals surface area contributed by atoms with Gasteiger partial charge in [0.2, 0.25) is 0 Å². The van der Waals surface area contributed by atoms with Crippen LogP contribution in [0.5, 0.6) is 11.5 Å². The molecular weight excluding hydrogens is 268 g/mol. The molecule has 3 rings (SSSR count). The Balaban J connectivity index is 1.84. The Labute approximate surface area is 123 Å². The molecule has 21 heavy (non-hydrogen) atoms. The van der Waals surface area contributed by atoms with Crippen LogP contribution in [0.3, 0.4) is 0 Å². The highest BCUT2D eigenvalue weighted by Crippen LogP contribution is 2.38. The van der Waals surface area contributed by atoms with Crippen molar-refractivity contribution in [2.24, 2.45) is 0 Å². The van der Waals surface area contributed by atoms with E-state index in [1.54, 1.807) is 13.0 Å². The molecule has 110 valence electrons. The van der Waals surface area contributed by atoms with Gasteiger partial charge in [-0.05, 0) is 24.6 Å². The summed E-state index contributed by atoms with van der Waals surface area (Å²) in [6.45, 7) is 2.82. The summed E-state index contributed by atoms with van der Waals surface area (Å²) >= 11 is 0. The van der Waals surface area contributed by atoms with Crippen molar-refractivity contribution in [1.29, 1.82) is 0 Å². The summed E-state index contributed by atoms with van der Waals surface area (Å²) in [5.74, 6) is 1.37. The van der Waals surface area contributed by atoms with E-state index in [1.807, 2.05) is 30.3 Å². The van der Waals surface area contributed by atoms with E-state index in [4.69, 9.17) is 15.2 Å². The fourth-order valence-electron chi connectivity index (χ4n) is 2.21. The van der Waals surface area contributed by atoms with E-state index in [9.17, 15) is 5.11 Å². The van der Waals surface area contributed by atoms with Crippen LogP contribution in [0.1, 0.15) is 18.6 Å². The zero-order valence-electron chi connectivity index (χ0n) is 11.8. The van der Waals surface area contributed by atoms with Gasteiger partial charge in [0.15, 0.2) is 11.5 Å². The van der Waals surface area contributed by atoms with Crippen LogP contribution in [0.2, 0.25) is 0 Å². The smallest absolute Gasteiger partial charge is 0.163 e. The van der Waals surface area contributed by atoms with Crippen molar-refractivity contribution in [3.05, 3.63) is 42.0 Å². The van der Waals surface area contributed by atoms with Crippen molar-refractivity contribution in [1.82, 2.24) is 0 Å². The highest BCUT2D eigenvalue weighted by atomic mass is 16.6. The highest BCUT2D eigenvalue weighted by molar-refractivity contribution is 5.76. The van der Waals surface area contributed by atoms with Crippen molar-refractivity contribution in [2.45, 2.75) is 13.0 Å². The molecule has 0 radical (unpaired) electrons. The van der Waals surface area contributed by atoms with Crippen molar-refractivity contribution in [2.75, 3.05) is 24.3 Å². The molecule has 0 spiro atoms. The maximum atomic E-state index is 9.51. The average Bonchev–Trinajstić information content (AvgIpc) is 2.48. The molecule has 0 bridgehead atoms. The molecule has 0 fully saturated rings. The predicted molar refractivity (Wildman–Crippen MR) is 82.2 cm³/mol. The van der Waals surface area contributed by atoms with Gasteiger partial charge in [-0.25, -0.2) is 0 Å². The minimum atomic E-state index is -0.474. The lowest BCUT2D eigenvalue weighted by Crippen LogP contribution is -2.15. The van der Waals surface area contributed by atoms with E-state index in [0.717, 1.165) is 16.9 Å². The first-order chi connectivity index (χ1) is 10.1. The molecule has 1 heterocycles. The van der Waals surface area contributed by atoms with Crippen molar-refractivity contribution < 1.29 is 14.6 Å². The van der Waals surface area contributed by atoms with Gasteiger partial charge in [-0.15, -0.1) is 0 Å².